The molecule has 6 saturated heterocycles. The molecule has 15 aliphatic heterocycles. The summed E-state index contributed by atoms with van der Waals surface area (Å²) >= 11 is 49.3. The van der Waals surface area contributed by atoms with Gasteiger partial charge in [-0.05, 0) is 12.8 Å². The number of hydrogen-bond acceptors (Lipinski definition) is 32. The molecule has 12 bridgehead atoms. The number of aliphatic hydroxyl groups is 18. The topological polar surface area (TPSA) is 493 Å². The second-order valence-corrected chi connectivity index (χ2v) is 23.7. The van der Waals surface area contributed by atoms with Crippen LogP contribution < -0.4 is 0 Å². The standard InChI is InChI=1S/C48H72Cl8O32/c49-3-1-11-19(57)28(66)42(74)84-36-14(6-52)79-45(31(69)22(36)60)86-38-16(8-54)81-47(33(71)24(38)62)88-40-18(10-56)82-48(34(72)26(40)64)87-39-17(9-55)80-46(32(70)25(39)63)85-37-15(7-53)78-44(30(68)23(37)61)76-12(2-4-50)20(58)27(65)41(73)83-35-13(5-51)77-43(75-11)29(67)21(35)59/h11-18,21-26,29-48,57-74H,1-10H2/b27-20-,28-19-. The monoisotopic (exact) mass is 1440 g/mol. The van der Waals surface area contributed by atoms with E-state index in [-0.39, 0.29) is 11.8 Å². The van der Waals surface area contributed by atoms with E-state index in [1.807, 2.05) is 0 Å². The van der Waals surface area contributed by atoms with E-state index in [1.165, 1.54) is 0 Å². The Morgan fingerprint density at radius 2 is 0.409 bits per heavy atom. The molecule has 0 aromatic carbocycles. The molecule has 15 rings (SSSR count). The van der Waals surface area contributed by atoms with Crippen molar-refractivity contribution in [3.63, 3.8) is 0 Å². The van der Waals surface area contributed by atoms with Crippen LogP contribution in [0.5, 0.6) is 0 Å². The highest BCUT2D eigenvalue weighted by atomic mass is 35.5. The molecule has 15 heterocycles. The fourth-order valence-corrected chi connectivity index (χ4v) is 12.4. The van der Waals surface area contributed by atoms with Gasteiger partial charge in [-0.25, -0.2) is 0 Å². The van der Waals surface area contributed by atoms with Crippen LogP contribution in [0.2, 0.25) is 0 Å². The average molecular weight is 1440 g/mol. The first-order valence-electron chi connectivity index (χ1n) is 27.2. The lowest BCUT2D eigenvalue weighted by atomic mass is 9.96. The highest BCUT2D eigenvalue weighted by molar-refractivity contribution is 6.19. The lowest BCUT2D eigenvalue weighted by molar-refractivity contribution is -0.387. The molecule has 0 spiro atoms. The fourth-order valence-electron chi connectivity index (χ4n) is 10.6. The first-order valence-corrected chi connectivity index (χ1v) is 31.4. The summed E-state index contributed by atoms with van der Waals surface area (Å²) < 4.78 is 80.6. The normalized spacial score (nSPS) is 51.0. The smallest absolute Gasteiger partial charge is 0.218 e. The Hall–Kier alpha value is -0.120. The minimum absolute atomic E-state index is 0.359. The maximum absolute atomic E-state index is 11.5. The molecular weight excluding hydrogens is 1370 g/mol. The van der Waals surface area contributed by atoms with Crippen molar-refractivity contribution in [1.29, 1.82) is 0 Å². The van der Waals surface area contributed by atoms with E-state index in [0.29, 0.717) is 0 Å². The molecule has 18 N–H and O–H groups in total. The zero-order chi connectivity index (χ0) is 64.9. The van der Waals surface area contributed by atoms with E-state index in [2.05, 4.69) is 0 Å². The number of fused-ring (bicyclic) bond motifs is 2. The van der Waals surface area contributed by atoms with Crippen LogP contribution in [0.4, 0.5) is 0 Å². The summed E-state index contributed by atoms with van der Waals surface area (Å²) in [6, 6.07) is 0. The van der Waals surface area contributed by atoms with Gasteiger partial charge in [-0.2, -0.15) is 0 Å². The van der Waals surface area contributed by atoms with Crippen molar-refractivity contribution in [2.24, 2.45) is 0 Å². The van der Waals surface area contributed by atoms with Gasteiger partial charge in [0.05, 0.1) is 35.3 Å². The third kappa shape index (κ3) is 16.5. The molecule has 88 heavy (non-hydrogen) atoms. The Morgan fingerprint density at radius 1 is 0.227 bits per heavy atom. The van der Waals surface area contributed by atoms with E-state index in [4.69, 9.17) is 159 Å². The van der Waals surface area contributed by atoms with Crippen molar-refractivity contribution in [3.8, 4) is 0 Å². The van der Waals surface area contributed by atoms with Crippen LogP contribution >= 0.6 is 92.8 Å². The van der Waals surface area contributed by atoms with Crippen LogP contribution in [0.1, 0.15) is 12.8 Å². The van der Waals surface area contributed by atoms with E-state index in [1.54, 1.807) is 0 Å². The molecule has 0 radical (unpaired) electrons. The van der Waals surface area contributed by atoms with E-state index >= 15 is 0 Å². The summed E-state index contributed by atoms with van der Waals surface area (Å²) in [6.45, 7) is 0. The fraction of sp³-hybridized carbons (Fsp3) is 0.917. The second kappa shape index (κ2) is 33.7. The molecule has 0 aliphatic carbocycles. The number of rotatable bonds is 10. The first kappa shape index (κ1) is 75.3. The molecule has 512 valence electrons. The highest BCUT2D eigenvalue weighted by Gasteiger charge is 2.58. The van der Waals surface area contributed by atoms with Crippen LogP contribution in [-0.2, 0) is 66.3 Å². The quantitative estimate of drug-likeness (QED) is 0.0921. The van der Waals surface area contributed by atoms with Gasteiger partial charge in [0.15, 0.2) is 60.8 Å². The second-order valence-electron chi connectivity index (χ2n) is 21.1. The van der Waals surface area contributed by atoms with Gasteiger partial charge in [0.25, 0.3) is 0 Å². The third-order valence-corrected chi connectivity index (χ3v) is 17.7. The maximum Gasteiger partial charge on any atom is 0.218 e. The Balaban J connectivity index is 1.18. The van der Waals surface area contributed by atoms with Gasteiger partial charge in [0.1, 0.15) is 159 Å². The Kier molecular flexibility index (Phi) is 28.8. The summed E-state index contributed by atoms with van der Waals surface area (Å²) in [7, 11) is 0. The molecule has 32 nitrogen and oxygen atoms in total. The van der Waals surface area contributed by atoms with Gasteiger partial charge in [-0.3, -0.25) is 0 Å². The summed E-state index contributed by atoms with van der Waals surface area (Å²) in [5.41, 5.74) is 0. The van der Waals surface area contributed by atoms with Gasteiger partial charge in [-0.15, -0.1) is 92.8 Å². The minimum atomic E-state index is -2.62. The highest BCUT2D eigenvalue weighted by Crippen LogP contribution is 2.39. The zero-order valence-corrected chi connectivity index (χ0v) is 51.5. The molecule has 40 heteroatoms. The van der Waals surface area contributed by atoms with Crippen LogP contribution in [0.25, 0.3) is 0 Å². The molecule has 0 amide bonds. The lowest BCUT2D eigenvalue weighted by Gasteiger charge is -2.49. The van der Waals surface area contributed by atoms with Crippen LogP contribution in [0, 0.1) is 0 Å². The largest absolute Gasteiger partial charge is 0.506 e. The summed E-state index contributed by atoms with van der Waals surface area (Å²) in [5, 5.41) is 204. The molecule has 0 aromatic rings. The van der Waals surface area contributed by atoms with Crippen molar-refractivity contribution in [1.82, 2.24) is 0 Å². The summed E-state index contributed by atoms with van der Waals surface area (Å²) in [4.78, 5) is 0. The summed E-state index contributed by atoms with van der Waals surface area (Å²) in [5.74, 6) is -9.50. The summed E-state index contributed by atoms with van der Waals surface area (Å²) in [6.07, 6.45) is -67.0. The van der Waals surface area contributed by atoms with E-state index in [0.717, 1.165) is 0 Å². The number of hydrogen-bond donors (Lipinski definition) is 18. The Labute approximate surface area is 540 Å². The van der Waals surface area contributed by atoms with Crippen LogP contribution in [-0.4, -0.2) is 348 Å². The van der Waals surface area contributed by atoms with Gasteiger partial charge >= 0.3 is 0 Å². The molecule has 34 unspecified atom stereocenters. The number of halogens is 8. The van der Waals surface area contributed by atoms with E-state index in [9.17, 15) is 91.9 Å². The molecular formula is C48H72Cl8O32. The Bertz CT molecular complexity index is 2220. The van der Waals surface area contributed by atoms with Crippen LogP contribution in [0.15, 0.2) is 23.0 Å². The van der Waals surface area contributed by atoms with Crippen molar-refractivity contribution in [2.45, 2.75) is 222 Å². The van der Waals surface area contributed by atoms with Crippen molar-refractivity contribution >= 4 is 92.8 Å². The first-order chi connectivity index (χ1) is 41.7. The average Bonchev–Trinajstić information content (AvgIpc) is 2.90. The van der Waals surface area contributed by atoms with Gasteiger partial charge in [0, 0.05) is 11.8 Å². The van der Waals surface area contributed by atoms with Crippen molar-refractivity contribution < 1.29 is 158 Å². The van der Waals surface area contributed by atoms with Crippen molar-refractivity contribution in [3.05, 3.63) is 23.0 Å². The predicted molar refractivity (Wildman–Crippen MR) is 295 cm³/mol. The SMILES string of the molecule is O/C1=C(\O)C(CCCl)OC2OC(CCl)C(OC(O)/C(O)=C(/O)C(CCCl)OC3OC(CCl)C(OC4OC(CCl)C(OC5OC(CCl)C(OC6OC(CCl)C(OC7OC(CCl)C(OC1O)C(O)C7O)C(O)C6O)C(O)C5O)C(O)C4O)C(O)C3O)C(O)C2O. The van der Waals surface area contributed by atoms with Gasteiger partial charge < -0.3 is 158 Å². The molecule has 0 saturated carbocycles. The van der Waals surface area contributed by atoms with Gasteiger partial charge in [-0.1, -0.05) is 0 Å². The zero-order valence-electron chi connectivity index (χ0n) is 45.5. The maximum atomic E-state index is 11.5. The molecule has 0 aromatic heterocycles. The van der Waals surface area contributed by atoms with Gasteiger partial charge in [0.2, 0.25) is 12.6 Å². The predicted octanol–water partition coefficient (Wildman–Crippen LogP) is -4.26. The van der Waals surface area contributed by atoms with E-state index < -0.39 is 280 Å². The number of ether oxygens (including phenoxy) is 14. The third-order valence-electron chi connectivity index (χ3n) is 15.4. The minimum Gasteiger partial charge on any atom is -0.506 e. The molecule has 6 fully saturated rings. The van der Waals surface area contributed by atoms with Crippen molar-refractivity contribution in [2.75, 3.05) is 47.0 Å². The number of alkyl halides is 8. The Morgan fingerprint density at radius 3 is 0.591 bits per heavy atom. The molecule has 15 aliphatic rings. The number of aliphatic hydroxyl groups excluding tert-OH is 18. The van der Waals surface area contributed by atoms with Crippen LogP contribution in [0.3, 0.4) is 0 Å². The molecule has 34 atom stereocenters. The lowest BCUT2D eigenvalue weighted by Crippen LogP contribution is -2.67.